The van der Waals surface area contributed by atoms with Gasteiger partial charge in [-0.15, -0.1) is 0 Å². The van der Waals surface area contributed by atoms with Crippen LogP contribution in [0.4, 0.5) is 5.69 Å². The minimum absolute atomic E-state index is 0.00115. The number of esters is 2. The van der Waals surface area contributed by atoms with Crippen molar-refractivity contribution < 1.29 is 23.5 Å². The molecule has 0 fully saturated rings. The van der Waals surface area contributed by atoms with Crippen molar-refractivity contribution in [3.05, 3.63) is 64.7 Å². The SMILES string of the molecule is Cc1ccc(NC2=C(Cl)C(=O)O[C@@H]2OC(=O)c2ccco2)cc1. The summed E-state index contributed by atoms with van der Waals surface area (Å²) in [5, 5.41) is 2.78. The van der Waals surface area contributed by atoms with Gasteiger partial charge >= 0.3 is 11.9 Å². The van der Waals surface area contributed by atoms with Gasteiger partial charge in [-0.1, -0.05) is 29.3 Å². The first-order chi connectivity index (χ1) is 11.0. The molecule has 1 aromatic carbocycles. The van der Waals surface area contributed by atoms with Crippen LogP contribution >= 0.6 is 11.6 Å². The Kier molecular flexibility index (Phi) is 4.08. The standard InChI is InChI=1S/C16H12ClNO5/c1-9-4-6-10(7-5-9)18-13-12(17)15(20)23-16(13)22-14(19)11-3-2-8-21-11/h2-8,16,18H,1H3/t16-/m0/s1. The fourth-order valence-electron chi connectivity index (χ4n) is 1.96. The van der Waals surface area contributed by atoms with Gasteiger partial charge in [0.2, 0.25) is 5.76 Å². The maximum absolute atomic E-state index is 11.9. The number of ether oxygens (including phenoxy) is 2. The van der Waals surface area contributed by atoms with E-state index in [-0.39, 0.29) is 16.5 Å². The van der Waals surface area contributed by atoms with Crippen molar-refractivity contribution in [1.29, 1.82) is 0 Å². The van der Waals surface area contributed by atoms with Gasteiger partial charge in [-0.3, -0.25) is 0 Å². The van der Waals surface area contributed by atoms with Gasteiger partial charge in [0.15, 0.2) is 5.03 Å². The molecule has 118 valence electrons. The summed E-state index contributed by atoms with van der Waals surface area (Å²) >= 11 is 5.94. The number of cyclic esters (lactones) is 1. The Morgan fingerprint density at radius 3 is 2.65 bits per heavy atom. The Hall–Kier alpha value is -2.73. The Bertz CT molecular complexity index is 764. The van der Waals surface area contributed by atoms with Crippen molar-refractivity contribution in [2.45, 2.75) is 13.2 Å². The number of carbonyl (C=O) groups is 2. The van der Waals surface area contributed by atoms with Gasteiger partial charge in [0, 0.05) is 5.69 Å². The molecule has 6 nitrogen and oxygen atoms in total. The van der Waals surface area contributed by atoms with Crippen LogP contribution in [0.5, 0.6) is 0 Å². The monoisotopic (exact) mass is 333 g/mol. The summed E-state index contributed by atoms with van der Waals surface area (Å²) in [6, 6.07) is 10.4. The molecule has 3 rings (SSSR count). The number of halogens is 1. The molecule has 1 atom stereocenters. The average molecular weight is 334 g/mol. The Balaban J connectivity index is 1.78. The molecule has 0 amide bonds. The number of anilines is 1. The minimum Gasteiger partial charge on any atom is -0.457 e. The predicted octanol–water partition coefficient (Wildman–Crippen LogP) is 3.19. The van der Waals surface area contributed by atoms with E-state index in [1.54, 1.807) is 18.2 Å². The molecule has 2 heterocycles. The second kappa shape index (κ2) is 6.18. The number of carbonyl (C=O) groups excluding carboxylic acids is 2. The fourth-order valence-corrected chi connectivity index (χ4v) is 2.14. The molecule has 0 saturated carbocycles. The number of hydrogen-bond donors (Lipinski definition) is 1. The number of hydrogen-bond acceptors (Lipinski definition) is 6. The largest absolute Gasteiger partial charge is 0.457 e. The lowest BCUT2D eigenvalue weighted by Gasteiger charge is -2.15. The van der Waals surface area contributed by atoms with Crippen molar-refractivity contribution in [3.8, 4) is 0 Å². The smallest absolute Gasteiger partial charge is 0.377 e. The fraction of sp³-hybridized carbons (Fsp3) is 0.125. The topological polar surface area (TPSA) is 77.8 Å². The zero-order valence-electron chi connectivity index (χ0n) is 12.0. The van der Waals surface area contributed by atoms with E-state index < -0.39 is 18.2 Å². The van der Waals surface area contributed by atoms with Crippen LogP contribution in [-0.4, -0.2) is 18.2 Å². The first-order valence-corrected chi connectivity index (χ1v) is 7.11. The maximum atomic E-state index is 11.9. The van der Waals surface area contributed by atoms with Crippen molar-refractivity contribution >= 4 is 29.2 Å². The molecule has 1 aliphatic rings. The quantitative estimate of drug-likeness (QED) is 0.866. The Labute approximate surface area is 136 Å². The van der Waals surface area contributed by atoms with Crippen LogP contribution in [0.25, 0.3) is 0 Å². The highest BCUT2D eigenvalue weighted by atomic mass is 35.5. The first-order valence-electron chi connectivity index (χ1n) is 6.73. The van der Waals surface area contributed by atoms with Gasteiger partial charge in [0.1, 0.15) is 5.70 Å². The Morgan fingerprint density at radius 1 is 1.26 bits per heavy atom. The molecule has 0 unspecified atom stereocenters. The highest BCUT2D eigenvalue weighted by Gasteiger charge is 2.37. The lowest BCUT2D eigenvalue weighted by molar-refractivity contribution is -0.152. The van der Waals surface area contributed by atoms with Gasteiger partial charge in [-0.2, -0.15) is 0 Å². The third kappa shape index (κ3) is 3.22. The molecule has 0 spiro atoms. The molecule has 1 aromatic heterocycles. The van der Waals surface area contributed by atoms with E-state index in [9.17, 15) is 9.59 Å². The van der Waals surface area contributed by atoms with Gasteiger partial charge in [-0.05, 0) is 31.2 Å². The second-order valence-electron chi connectivity index (χ2n) is 4.84. The van der Waals surface area contributed by atoms with Gasteiger partial charge < -0.3 is 19.2 Å². The van der Waals surface area contributed by atoms with Crippen LogP contribution in [-0.2, 0) is 14.3 Å². The maximum Gasteiger partial charge on any atom is 0.377 e. The molecular weight excluding hydrogens is 322 g/mol. The summed E-state index contributed by atoms with van der Waals surface area (Å²) < 4.78 is 15.0. The van der Waals surface area contributed by atoms with Crippen LogP contribution in [0.1, 0.15) is 16.1 Å². The summed E-state index contributed by atoms with van der Waals surface area (Å²) in [6.45, 7) is 1.95. The van der Waals surface area contributed by atoms with E-state index in [2.05, 4.69) is 5.32 Å². The molecule has 0 radical (unpaired) electrons. The molecule has 0 aliphatic carbocycles. The number of furan rings is 1. The zero-order chi connectivity index (χ0) is 16.4. The first kappa shape index (κ1) is 15.2. The van der Waals surface area contributed by atoms with E-state index in [0.717, 1.165) is 5.56 Å². The molecule has 7 heteroatoms. The van der Waals surface area contributed by atoms with E-state index in [4.69, 9.17) is 25.5 Å². The van der Waals surface area contributed by atoms with E-state index >= 15 is 0 Å². The van der Waals surface area contributed by atoms with Crippen molar-refractivity contribution in [2.24, 2.45) is 0 Å². The number of benzene rings is 1. The van der Waals surface area contributed by atoms with Crippen LogP contribution < -0.4 is 5.32 Å². The highest BCUT2D eigenvalue weighted by Crippen LogP contribution is 2.28. The van der Waals surface area contributed by atoms with E-state index in [0.29, 0.717) is 5.69 Å². The summed E-state index contributed by atoms with van der Waals surface area (Å²) in [5.41, 5.74) is 1.93. The van der Waals surface area contributed by atoms with Crippen molar-refractivity contribution in [1.82, 2.24) is 0 Å². The van der Waals surface area contributed by atoms with Crippen LogP contribution in [0.15, 0.2) is 57.8 Å². The number of rotatable bonds is 4. The van der Waals surface area contributed by atoms with Gasteiger partial charge in [0.05, 0.1) is 6.26 Å². The number of nitrogens with one attached hydrogen (secondary N) is 1. The molecule has 23 heavy (non-hydrogen) atoms. The normalized spacial score (nSPS) is 17.1. The molecule has 0 saturated heterocycles. The third-order valence-corrected chi connectivity index (χ3v) is 3.49. The van der Waals surface area contributed by atoms with Crippen LogP contribution in [0.3, 0.4) is 0 Å². The predicted molar refractivity (Wildman–Crippen MR) is 81.7 cm³/mol. The molecule has 1 N–H and O–H groups in total. The van der Waals surface area contributed by atoms with Crippen molar-refractivity contribution in [2.75, 3.05) is 5.32 Å². The summed E-state index contributed by atoms with van der Waals surface area (Å²) in [6.07, 6.45) is 0.0832. The second-order valence-corrected chi connectivity index (χ2v) is 5.22. The number of aryl methyl sites for hydroxylation is 1. The minimum atomic E-state index is -1.26. The van der Waals surface area contributed by atoms with Crippen molar-refractivity contribution in [3.63, 3.8) is 0 Å². The summed E-state index contributed by atoms with van der Waals surface area (Å²) in [5.74, 6) is -1.53. The van der Waals surface area contributed by atoms with Gasteiger partial charge in [-0.25, -0.2) is 9.59 Å². The lowest BCUT2D eigenvalue weighted by atomic mass is 10.2. The van der Waals surface area contributed by atoms with Crippen LogP contribution in [0.2, 0.25) is 0 Å². The summed E-state index contributed by atoms with van der Waals surface area (Å²) in [4.78, 5) is 23.6. The molecule has 0 bridgehead atoms. The summed E-state index contributed by atoms with van der Waals surface area (Å²) in [7, 11) is 0. The van der Waals surface area contributed by atoms with Crippen LogP contribution in [0, 0.1) is 6.92 Å². The zero-order valence-corrected chi connectivity index (χ0v) is 12.8. The third-order valence-electron chi connectivity index (χ3n) is 3.13. The lowest BCUT2D eigenvalue weighted by Crippen LogP contribution is -2.23. The average Bonchev–Trinajstić information content (AvgIpc) is 3.14. The van der Waals surface area contributed by atoms with E-state index in [1.165, 1.54) is 12.3 Å². The molecule has 2 aromatic rings. The van der Waals surface area contributed by atoms with E-state index in [1.807, 2.05) is 19.1 Å². The van der Waals surface area contributed by atoms with Gasteiger partial charge in [0.25, 0.3) is 6.29 Å². The Morgan fingerprint density at radius 2 is 2.00 bits per heavy atom. The molecular formula is C16H12ClNO5. The highest BCUT2D eigenvalue weighted by molar-refractivity contribution is 6.42. The molecule has 1 aliphatic heterocycles.